The maximum Gasteiger partial charge on any atom is 0.303 e. The molecular weight excluding hydrogens is 276 g/mol. The van der Waals surface area contributed by atoms with Gasteiger partial charge in [0.05, 0.1) is 19.6 Å². The molecule has 1 rings (SSSR count). The zero-order valence-electron chi connectivity index (χ0n) is 12.4. The van der Waals surface area contributed by atoms with Crippen LogP contribution in [-0.4, -0.2) is 49.7 Å². The Hall–Kier alpha value is -1.63. The van der Waals surface area contributed by atoms with Gasteiger partial charge in [-0.3, -0.25) is 14.4 Å². The molecule has 2 amide bonds. The van der Waals surface area contributed by atoms with Crippen LogP contribution in [0.2, 0.25) is 0 Å². The molecule has 21 heavy (non-hydrogen) atoms. The lowest BCUT2D eigenvalue weighted by Gasteiger charge is -2.26. The van der Waals surface area contributed by atoms with Crippen LogP contribution in [0.4, 0.5) is 0 Å². The van der Waals surface area contributed by atoms with Crippen LogP contribution in [-0.2, 0) is 19.1 Å². The van der Waals surface area contributed by atoms with Gasteiger partial charge in [0.15, 0.2) is 0 Å². The molecule has 0 spiro atoms. The van der Waals surface area contributed by atoms with Gasteiger partial charge in [-0.2, -0.15) is 0 Å². The van der Waals surface area contributed by atoms with E-state index < -0.39 is 11.4 Å². The highest BCUT2D eigenvalue weighted by Gasteiger charge is 2.37. The number of ether oxygens (including phenoxy) is 1. The van der Waals surface area contributed by atoms with Gasteiger partial charge < -0.3 is 20.5 Å². The van der Waals surface area contributed by atoms with Gasteiger partial charge in [0, 0.05) is 20.1 Å². The van der Waals surface area contributed by atoms with Gasteiger partial charge in [-0.15, -0.1) is 0 Å². The minimum absolute atomic E-state index is 0.0143. The summed E-state index contributed by atoms with van der Waals surface area (Å²) >= 11 is 0. The lowest BCUT2D eigenvalue weighted by atomic mass is 9.79. The van der Waals surface area contributed by atoms with E-state index in [4.69, 9.17) is 9.84 Å². The highest BCUT2D eigenvalue weighted by Crippen LogP contribution is 2.43. The molecule has 0 unspecified atom stereocenters. The van der Waals surface area contributed by atoms with Crippen molar-refractivity contribution in [3.63, 3.8) is 0 Å². The van der Waals surface area contributed by atoms with Crippen LogP contribution in [0.1, 0.15) is 38.5 Å². The first-order valence-corrected chi connectivity index (χ1v) is 7.21. The van der Waals surface area contributed by atoms with Crippen LogP contribution in [0.5, 0.6) is 0 Å². The number of amides is 2. The molecule has 3 N–H and O–H groups in total. The van der Waals surface area contributed by atoms with Crippen LogP contribution >= 0.6 is 0 Å². The third-order valence-corrected chi connectivity index (χ3v) is 3.80. The van der Waals surface area contributed by atoms with Crippen molar-refractivity contribution in [3.8, 4) is 0 Å². The first-order chi connectivity index (χ1) is 9.97. The summed E-state index contributed by atoms with van der Waals surface area (Å²) in [5.74, 6) is -1.42. The molecule has 1 saturated carbocycles. The molecule has 0 radical (unpaired) electrons. The van der Waals surface area contributed by atoms with E-state index >= 15 is 0 Å². The van der Waals surface area contributed by atoms with Crippen molar-refractivity contribution in [2.75, 3.05) is 26.8 Å². The van der Waals surface area contributed by atoms with Gasteiger partial charge in [-0.05, 0) is 18.3 Å². The predicted octanol–water partition coefficient (Wildman–Crippen LogP) is 0.290. The molecule has 0 aliphatic heterocycles. The normalized spacial score (nSPS) is 16.4. The Kier molecular flexibility index (Phi) is 7.14. The molecule has 1 aliphatic rings. The first-order valence-electron chi connectivity index (χ1n) is 7.21. The molecule has 1 aliphatic carbocycles. The largest absolute Gasteiger partial charge is 0.481 e. The van der Waals surface area contributed by atoms with Gasteiger partial charge in [0.1, 0.15) is 0 Å². The molecule has 0 atom stereocenters. The highest BCUT2D eigenvalue weighted by atomic mass is 16.5. The van der Waals surface area contributed by atoms with Crippen molar-refractivity contribution >= 4 is 17.8 Å². The average Bonchev–Trinajstić information content (AvgIpc) is 2.84. The molecule has 7 nitrogen and oxygen atoms in total. The molecule has 0 aromatic carbocycles. The van der Waals surface area contributed by atoms with Gasteiger partial charge in [-0.25, -0.2) is 0 Å². The maximum atomic E-state index is 11.9. The van der Waals surface area contributed by atoms with Crippen molar-refractivity contribution in [3.05, 3.63) is 0 Å². The van der Waals surface area contributed by atoms with Gasteiger partial charge >= 0.3 is 5.97 Å². The summed E-state index contributed by atoms with van der Waals surface area (Å²) in [5.41, 5.74) is -0.442. The van der Waals surface area contributed by atoms with E-state index in [1.807, 2.05) is 0 Å². The van der Waals surface area contributed by atoms with E-state index in [2.05, 4.69) is 10.6 Å². The summed E-state index contributed by atoms with van der Waals surface area (Å²) < 4.78 is 4.80. The molecule has 0 heterocycles. The van der Waals surface area contributed by atoms with Crippen molar-refractivity contribution < 1.29 is 24.2 Å². The number of carbonyl (C=O) groups excluding carboxylic acids is 2. The van der Waals surface area contributed by atoms with Crippen LogP contribution in [0.25, 0.3) is 0 Å². The summed E-state index contributed by atoms with van der Waals surface area (Å²) in [7, 11) is 1.54. The molecule has 0 saturated heterocycles. The number of nitrogens with one attached hydrogen (secondary N) is 2. The Labute approximate surface area is 124 Å². The second kappa shape index (κ2) is 8.61. The number of hydrogen-bond donors (Lipinski definition) is 3. The summed E-state index contributed by atoms with van der Waals surface area (Å²) in [6.45, 7) is 0.723. The number of rotatable bonds is 9. The quantitative estimate of drug-likeness (QED) is 0.531. The number of carbonyl (C=O) groups is 3. The van der Waals surface area contributed by atoms with E-state index in [9.17, 15) is 14.4 Å². The molecule has 0 bridgehead atoms. The van der Waals surface area contributed by atoms with Crippen molar-refractivity contribution in [1.29, 1.82) is 0 Å². The summed E-state index contributed by atoms with van der Waals surface area (Å²) in [5, 5.41) is 14.1. The van der Waals surface area contributed by atoms with Crippen LogP contribution < -0.4 is 10.6 Å². The summed E-state index contributed by atoms with van der Waals surface area (Å²) in [6.07, 6.45) is 3.61. The molecule has 0 aromatic heterocycles. The second-order valence-electron chi connectivity index (χ2n) is 5.57. The van der Waals surface area contributed by atoms with Gasteiger partial charge in [0.25, 0.3) is 0 Å². The lowest BCUT2D eigenvalue weighted by molar-refractivity contribution is -0.140. The fourth-order valence-electron chi connectivity index (χ4n) is 2.80. The fraction of sp³-hybridized carbons (Fsp3) is 0.786. The highest BCUT2D eigenvalue weighted by molar-refractivity contribution is 5.85. The zero-order valence-corrected chi connectivity index (χ0v) is 12.4. The molecule has 0 aromatic rings. The molecule has 7 heteroatoms. The number of methoxy groups -OCH3 is 1. The number of hydrogen-bond acceptors (Lipinski definition) is 4. The summed E-state index contributed by atoms with van der Waals surface area (Å²) in [6, 6.07) is 0. The van der Waals surface area contributed by atoms with E-state index in [1.54, 1.807) is 0 Å². The maximum absolute atomic E-state index is 11.9. The van der Waals surface area contributed by atoms with Gasteiger partial charge in [0.2, 0.25) is 11.8 Å². The van der Waals surface area contributed by atoms with Crippen molar-refractivity contribution in [2.24, 2.45) is 5.41 Å². The monoisotopic (exact) mass is 300 g/mol. The van der Waals surface area contributed by atoms with Crippen molar-refractivity contribution in [1.82, 2.24) is 10.6 Å². The van der Waals surface area contributed by atoms with Crippen LogP contribution in [0.15, 0.2) is 0 Å². The smallest absolute Gasteiger partial charge is 0.303 e. The topological polar surface area (TPSA) is 105 Å². The average molecular weight is 300 g/mol. The predicted molar refractivity (Wildman–Crippen MR) is 75.7 cm³/mol. The lowest BCUT2D eigenvalue weighted by Crippen LogP contribution is -2.40. The Balaban J connectivity index is 2.34. The Morgan fingerprint density at radius 2 is 1.76 bits per heavy atom. The van der Waals surface area contributed by atoms with Gasteiger partial charge in [-0.1, -0.05) is 12.8 Å². The SMILES string of the molecule is COCCNC(=O)CNC(=O)CC1(CC(=O)O)CCCC1. The van der Waals surface area contributed by atoms with E-state index in [0.717, 1.165) is 25.7 Å². The summed E-state index contributed by atoms with van der Waals surface area (Å²) in [4.78, 5) is 34.3. The number of carboxylic acid groups (broad SMARTS) is 1. The number of carboxylic acids is 1. The Morgan fingerprint density at radius 1 is 1.10 bits per heavy atom. The van der Waals surface area contributed by atoms with E-state index in [0.29, 0.717) is 13.2 Å². The zero-order chi connectivity index (χ0) is 15.7. The number of aliphatic carboxylic acids is 1. The third-order valence-electron chi connectivity index (χ3n) is 3.80. The first kappa shape index (κ1) is 17.4. The van der Waals surface area contributed by atoms with E-state index in [1.165, 1.54) is 7.11 Å². The van der Waals surface area contributed by atoms with E-state index in [-0.39, 0.29) is 31.2 Å². The standard InChI is InChI=1S/C14H24N2O5/c1-21-7-6-15-12(18)10-16-11(17)8-14(9-13(19)20)4-2-3-5-14/h2-10H2,1H3,(H,15,18)(H,16,17)(H,19,20). The molecular formula is C14H24N2O5. The minimum atomic E-state index is -0.873. The molecule has 1 fully saturated rings. The Morgan fingerprint density at radius 3 is 2.33 bits per heavy atom. The van der Waals surface area contributed by atoms with Crippen LogP contribution in [0, 0.1) is 5.41 Å². The third kappa shape index (κ3) is 6.57. The minimum Gasteiger partial charge on any atom is -0.481 e. The second-order valence-corrected chi connectivity index (χ2v) is 5.57. The van der Waals surface area contributed by atoms with Crippen LogP contribution in [0.3, 0.4) is 0 Å². The fourth-order valence-corrected chi connectivity index (χ4v) is 2.80. The molecule has 120 valence electrons. The van der Waals surface area contributed by atoms with Crippen molar-refractivity contribution in [2.45, 2.75) is 38.5 Å². The Bertz CT molecular complexity index is 378.